The highest BCUT2D eigenvalue weighted by Gasteiger charge is 2.48. The van der Waals surface area contributed by atoms with E-state index < -0.39 is 10.0 Å². The van der Waals surface area contributed by atoms with Crippen LogP contribution in [0.4, 0.5) is 0 Å². The molecule has 1 aromatic carbocycles. The van der Waals surface area contributed by atoms with Crippen LogP contribution in [0, 0.1) is 0 Å². The van der Waals surface area contributed by atoms with Gasteiger partial charge in [-0.2, -0.15) is 4.31 Å². The number of hydrogen-bond acceptors (Lipinski definition) is 5. The first-order chi connectivity index (χ1) is 10.1. The number of piperidine rings is 1. The first-order valence-electron chi connectivity index (χ1n) is 7.10. The molecule has 0 bridgehead atoms. The first-order valence-corrected chi connectivity index (χ1v) is 9.53. The van der Waals surface area contributed by atoms with Gasteiger partial charge in [0.25, 0.3) is 0 Å². The molecule has 2 fully saturated rings. The van der Waals surface area contributed by atoms with Crippen molar-refractivity contribution >= 4 is 21.8 Å². The van der Waals surface area contributed by atoms with Crippen LogP contribution in [-0.4, -0.2) is 50.1 Å². The Bertz CT molecular complexity index is 595. The number of nitrogens with zero attached hydrogens (tertiary/aromatic N) is 1. The van der Waals surface area contributed by atoms with Crippen molar-refractivity contribution in [3.63, 3.8) is 0 Å². The Kier molecular flexibility index (Phi) is 4.18. The highest BCUT2D eigenvalue weighted by atomic mass is 32.2. The maximum Gasteiger partial charge on any atom is 0.244 e. The molecule has 0 saturated carbocycles. The van der Waals surface area contributed by atoms with Crippen LogP contribution in [0.3, 0.4) is 0 Å². The molecule has 0 aliphatic carbocycles. The summed E-state index contributed by atoms with van der Waals surface area (Å²) in [6.07, 6.45) is 1.74. The van der Waals surface area contributed by atoms with Crippen LogP contribution in [0.1, 0.15) is 12.8 Å². The van der Waals surface area contributed by atoms with Crippen molar-refractivity contribution in [2.45, 2.75) is 22.6 Å². The number of rotatable bonds is 3. The van der Waals surface area contributed by atoms with Crippen LogP contribution >= 0.6 is 11.8 Å². The van der Waals surface area contributed by atoms with Gasteiger partial charge in [-0.05, 0) is 50.2 Å². The maximum atomic E-state index is 13.0. The van der Waals surface area contributed by atoms with E-state index in [1.807, 2.05) is 0 Å². The summed E-state index contributed by atoms with van der Waals surface area (Å²) in [7, 11) is -1.87. The van der Waals surface area contributed by atoms with E-state index in [4.69, 9.17) is 4.74 Å². The molecule has 0 amide bonds. The number of sulfonamides is 1. The van der Waals surface area contributed by atoms with Crippen molar-refractivity contribution < 1.29 is 13.2 Å². The number of benzene rings is 1. The van der Waals surface area contributed by atoms with Gasteiger partial charge in [0.05, 0.1) is 16.9 Å². The Labute approximate surface area is 130 Å². The summed E-state index contributed by atoms with van der Waals surface area (Å²) in [6.45, 7) is 2.35. The Morgan fingerprint density at radius 2 is 1.90 bits per heavy atom. The molecule has 2 aliphatic rings. The molecule has 2 saturated heterocycles. The number of methoxy groups -OCH3 is 1. The molecular formula is C14H20N2O3S2. The zero-order valence-electron chi connectivity index (χ0n) is 12.0. The predicted octanol–water partition coefficient (Wildman–Crippen LogP) is 1.51. The van der Waals surface area contributed by atoms with Crippen LogP contribution < -0.4 is 10.1 Å². The van der Waals surface area contributed by atoms with Crippen molar-refractivity contribution in [2.75, 3.05) is 32.5 Å². The lowest BCUT2D eigenvalue weighted by molar-refractivity contribution is 0.253. The third-order valence-electron chi connectivity index (χ3n) is 4.15. The van der Waals surface area contributed by atoms with Gasteiger partial charge in [-0.15, -0.1) is 11.8 Å². The normalized spacial score (nSPS) is 22.5. The zero-order chi connectivity index (χ0) is 14.9. The Morgan fingerprint density at radius 3 is 2.52 bits per heavy atom. The van der Waals surface area contributed by atoms with Crippen LogP contribution in [0.5, 0.6) is 5.75 Å². The molecule has 0 radical (unpaired) electrons. The van der Waals surface area contributed by atoms with E-state index in [0.29, 0.717) is 17.2 Å². The predicted molar refractivity (Wildman–Crippen MR) is 84.2 cm³/mol. The van der Waals surface area contributed by atoms with Crippen LogP contribution in [-0.2, 0) is 10.0 Å². The molecule has 21 heavy (non-hydrogen) atoms. The Balaban J connectivity index is 1.92. The summed E-state index contributed by atoms with van der Waals surface area (Å²) in [5.74, 6) is 1.54. The second kappa shape index (κ2) is 5.79. The van der Waals surface area contributed by atoms with Gasteiger partial charge in [0.2, 0.25) is 10.0 Å². The summed E-state index contributed by atoms with van der Waals surface area (Å²) in [5.41, 5.74) is 0. The summed E-state index contributed by atoms with van der Waals surface area (Å²) >= 11 is 1.79. The minimum absolute atomic E-state index is 0.260. The smallest absolute Gasteiger partial charge is 0.244 e. The van der Waals surface area contributed by atoms with E-state index in [-0.39, 0.29) is 4.87 Å². The quantitative estimate of drug-likeness (QED) is 0.911. The van der Waals surface area contributed by atoms with E-state index >= 15 is 0 Å². The number of nitrogens with one attached hydrogen (secondary N) is 1. The molecule has 2 heterocycles. The second-order valence-electron chi connectivity index (χ2n) is 5.30. The van der Waals surface area contributed by atoms with Crippen molar-refractivity contribution in [3.8, 4) is 5.75 Å². The molecule has 5 nitrogen and oxygen atoms in total. The van der Waals surface area contributed by atoms with Crippen LogP contribution in [0.15, 0.2) is 29.2 Å². The standard InChI is InChI=1S/C14H20N2O3S2/c1-19-12-2-4-13(5-3-12)21(17,18)16-10-11-20-14(16)6-8-15-9-7-14/h2-5,15H,6-11H2,1H3. The average molecular weight is 328 g/mol. The molecule has 116 valence electrons. The lowest BCUT2D eigenvalue weighted by Crippen LogP contribution is -2.51. The molecule has 1 aromatic rings. The van der Waals surface area contributed by atoms with Crippen LogP contribution in [0.2, 0.25) is 0 Å². The maximum absolute atomic E-state index is 13.0. The van der Waals surface area contributed by atoms with Crippen molar-refractivity contribution in [2.24, 2.45) is 0 Å². The van der Waals surface area contributed by atoms with E-state index in [0.717, 1.165) is 31.7 Å². The fourth-order valence-electron chi connectivity index (χ4n) is 3.02. The Hall–Kier alpha value is -0.760. The minimum Gasteiger partial charge on any atom is -0.497 e. The molecule has 1 N–H and O–H groups in total. The summed E-state index contributed by atoms with van der Waals surface area (Å²) in [6, 6.07) is 6.66. The number of ether oxygens (including phenoxy) is 1. The monoisotopic (exact) mass is 328 g/mol. The molecule has 2 aliphatic heterocycles. The highest BCUT2D eigenvalue weighted by Crippen LogP contribution is 2.45. The molecule has 0 unspecified atom stereocenters. The fourth-order valence-corrected chi connectivity index (χ4v) is 6.66. The van der Waals surface area contributed by atoms with Gasteiger partial charge in [-0.3, -0.25) is 0 Å². The van der Waals surface area contributed by atoms with Crippen LogP contribution in [0.25, 0.3) is 0 Å². The second-order valence-corrected chi connectivity index (χ2v) is 8.62. The largest absolute Gasteiger partial charge is 0.497 e. The van der Waals surface area contributed by atoms with E-state index in [2.05, 4.69) is 5.32 Å². The van der Waals surface area contributed by atoms with Gasteiger partial charge >= 0.3 is 0 Å². The van der Waals surface area contributed by atoms with Gasteiger partial charge in [-0.25, -0.2) is 8.42 Å². The van der Waals surface area contributed by atoms with Crippen molar-refractivity contribution in [1.82, 2.24) is 9.62 Å². The molecule has 1 spiro atoms. The molecule has 3 rings (SSSR count). The van der Waals surface area contributed by atoms with Crippen molar-refractivity contribution in [1.29, 1.82) is 0 Å². The van der Waals surface area contributed by atoms with Gasteiger partial charge in [0.1, 0.15) is 5.75 Å². The fraction of sp³-hybridized carbons (Fsp3) is 0.571. The third-order valence-corrected chi connectivity index (χ3v) is 7.80. The van der Waals surface area contributed by atoms with Crippen molar-refractivity contribution in [3.05, 3.63) is 24.3 Å². The number of thioether (sulfide) groups is 1. The lowest BCUT2D eigenvalue weighted by atomic mass is 10.1. The third kappa shape index (κ3) is 2.67. The summed E-state index contributed by atoms with van der Waals surface area (Å²) in [4.78, 5) is 0.0907. The SMILES string of the molecule is COc1ccc(S(=O)(=O)N2CCSC23CCNCC3)cc1. The molecule has 0 atom stereocenters. The highest BCUT2D eigenvalue weighted by molar-refractivity contribution is 8.02. The van der Waals surface area contributed by atoms with Gasteiger partial charge in [-0.1, -0.05) is 0 Å². The van der Waals surface area contributed by atoms with Gasteiger partial charge in [0.15, 0.2) is 0 Å². The molecular weight excluding hydrogens is 308 g/mol. The summed E-state index contributed by atoms with van der Waals surface area (Å²) in [5, 5.41) is 3.31. The summed E-state index contributed by atoms with van der Waals surface area (Å²) < 4.78 is 32.7. The van der Waals surface area contributed by atoms with E-state index in [1.54, 1.807) is 47.4 Å². The minimum atomic E-state index is -3.44. The topological polar surface area (TPSA) is 58.6 Å². The van der Waals surface area contributed by atoms with E-state index in [1.165, 1.54) is 0 Å². The lowest BCUT2D eigenvalue weighted by Gasteiger charge is -2.39. The number of hydrogen-bond donors (Lipinski definition) is 1. The first kappa shape index (κ1) is 15.1. The molecule has 0 aromatic heterocycles. The van der Waals surface area contributed by atoms with Gasteiger partial charge in [0, 0.05) is 12.3 Å². The van der Waals surface area contributed by atoms with E-state index in [9.17, 15) is 8.42 Å². The zero-order valence-corrected chi connectivity index (χ0v) is 13.7. The average Bonchev–Trinajstić information content (AvgIpc) is 2.92. The van der Waals surface area contributed by atoms with Gasteiger partial charge < -0.3 is 10.1 Å². The Morgan fingerprint density at radius 1 is 1.24 bits per heavy atom. The molecule has 7 heteroatoms.